The van der Waals surface area contributed by atoms with E-state index in [0.29, 0.717) is 17.0 Å². The van der Waals surface area contributed by atoms with Crippen LogP contribution in [0.2, 0.25) is 5.02 Å². The standard InChI is InChI=1S/C17H17ClN2O5S/c1-4-11-9(3)26-16(14(11)17(22)25-5-2)19-15(21)12-7-6-10(20(23)24)8-13(12)18/h6-8H,4-5H2,1-3H3,(H,19,21). The first-order valence-corrected chi connectivity index (χ1v) is 9.04. The Morgan fingerprint density at radius 3 is 2.58 bits per heavy atom. The molecule has 138 valence electrons. The van der Waals surface area contributed by atoms with Gasteiger partial charge in [0.1, 0.15) is 5.00 Å². The zero-order valence-corrected chi connectivity index (χ0v) is 16.0. The first-order valence-electron chi connectivity index (χ1n) is 7.84. The number of anilines is 1. The molecule has 1 heterocycles. The summed E-state index contributed by atoms with van der Waals surface area (Å²) in [7, 11) is 0. The quantitative estimate of drug-likeness (QED) is 0.436. The number of nitro benzene ring substituents is 1. The van der Waals surface area contributed by atoms with Crippen molar-refractivity contribution in [3.05, 3.63) is 54.9 Å². The van der Waals surface area contributed by atoms with Crippen LogP contribution in [0.4, 0.5) is 10.7 Å². The maximum atomic E-state index is 12.5. The van der Waals surface area contributed by atoms with E-state index in [9.17, 15) is 19.7 Å². The number of hydrogen-bond acceptors (Lipinski definition) is 6. The van der Waals surface area contributed by atoms with Gasteiger partial charge < -0.3 is 10.1 Å². The minimum absolute atomic E-state index is 0.0432. The summed E-state index contributed by atoms with van der Waals surface area (Å²) in [6, 6.07) is 3.59. The lowest BCUT2D eigenvalue weighted by molar-refractivity contribution is -0.384. The third kappa shape index (κ3) is 4.03. The molecule has 1 aromatic heterocycles. The molecule has 0 fully saturated rings. The number of thiophene rings is 1. The van der Waals surface area contributed by atoms with Crippen LogP contribution >= 0.6 is 22.9 Å². The summed E-state index contributed by atoms with van der Waals surface area (Å²) in [5.41, 5.74) is 1.02. The van der Waals surface area contributed by atoms with Gasteiger partial charge in [0.2, 0.25) is 0 Å². The molecule has 1 amide bonds. The fourth-order valence-corrected chi connectivity index (χ4v) is 3.87. The SMILES string of the molecule is CCOC(=O)c1c(NC(=O)c2ccc([N+](=O)[O-])cc2Cl)sc(C)c1CC. The van der Waals surface area contributed by atoms with Crippen molar-refractivity contribution in [2.24, 2.45) is 0 Å². The average Bonchev–Trinajstić information content (AvgIpc) is 2.89. The van der Waals surface area contributed by atoms with Gasteiger partial charge in [-0.15, -0.1) is 11.3 Å². The zero-order valence-electron chi connectivity index (χ0n) is 14.4. The van der Waals surface area contributed by atoms with Crippen molar-refractivity contribution in [3.8, 4) is 0 Å². The van der Waals surface area contributed by atoms with Crippen LogP contribution in [0, 0.1) is 17.0 Å². The third-order valence-corrected chi connectivity index (χ3v) is 5.05. The molecule has 0 aliphatic carbocycles. The molecule has 26 heavy (non-hydrogen) atoms. The minimum atomic E-state index is -0.595. The average molecular weight is 397 g/mol. The smallest absolute Gasteiger partial charge is 0.341 e. The number of aryl methyl sites for hydroxylation is 1. The molecule has 0 bridgehead atoms. The van der Waals surface area contributed by atoms with E-state index < -0.39 is 16.8 Å². The molecule has 0 saturated heterocycles. The number of benzene rings is 1. The summed E-state index contributed by atoms with van der Waals surface area (Å²) in [5.74, 6) is -1.06. The van der Waals surface area contributed by atoms with E-state index >= 15 is 0 Å². The highest BCUT2D eigenvalue weighted by Gasteiger charge is 2.24. The van der Waals surface area contributed by atoms with Crippen molar-refractivity contribution in [1.29, 1.82) is 0 Å². The van der Waals surface area contributed by atoms with E-state index in [4.69, 9.17) is 16.3 Å². The first kappa shape index (κ1) is 19.9. The number of nitrogens with zero attached hydrogens (tertiary/aromatic N) is 1. The van der Waals surface area contributed by atoms with Crippen LogP contribution in [0.15, 0.2) is 18.2 Å². The van der Waals surface area contributed by atoms with E-state index in [1.54, 1.807) is 6.92 Å². The van der Waals surface area contributed by atoms with Gasteiger partial charge >= 0.3 is 5.97 Å². The van der Waals surface area contributed by atoms with Crippen LogP contribution in [0.3, 0.4) is 0 Å². The zero-order chi connectivity index (χ0) is 19.4. The molecule has 0 saturated carbocycles. The normalized spacial score (nSPS) is 10.5. The van der Waals surface area contributed by atoms with E-state index in [1.165, 1.54) is 23.5 Å². The number of carbonyl (C=O) groups is 2. The lowest BCUT2D eigenvalue weighted by Crippen LogP contribution is -2.15. The summed E-state index contributed by atoms with van der Waals surface area (Å²) < 4.78 is 5.09. The van der Waals surface area contributed by atoms with Crippen molar-refractivity contribution < 1.29 is 19.2 Å². The summed E-state index contributed by atoms with van der Waals surface area (Å²) in [6.07, 6.45) is 0.616. The highest BCUT2D eigenvalue weighted by atomic mass is 35.5. The van der Waals surface area contributed by atoms with E-state index in [2.05, 4.69) is 5.32 Å². The fourth-order valence-electron chi connectivity index (χ4n) is 2.48. The molecule has 0 atom stereocenters. The van der Waals surface area contributed by atoms with E-state index in [1.807, 2.05) is 13.8 Å². The topological polar surface area (TPSA) is 98.5 Å². The molecule has 1 aromatic carbocycles. The van der Waals surface area contributed by atoms with Crippen LogP contribution in [0.25, 0.3) is 0 Å². The molecule has 9 heteroatoms. The molecule has 0 radical (unpaired) electrons. The number of esters is 1. The lowest BCUT2D eigenvalue weighted by atomic mass is 10.1. The first-order chi connectivity index (χ1) is 12.3. The number of hydrogen-bond donors (Lipinski definition) is 1. The van der Waals surface area contributed by atoms with Crippen molar-refractivity contribution in [2.75, 3.05) is 11.9 Å². The van der Waals surface area contributed by atoms with E-state index in [-0.39, 0.29) is 22.9 Å². The predicted octanol–water partition coefficient (Wildman–Crippen LogP) is 4.61. The van der Waals surface area contributed by atoms with Gasteiger partial charge in [0.05, 0.1) is 27.7 Å². The number of halogens is 1. The van der Waals surface area contributed by atoms with Crippen LogP contribution < -0.4 is 5.32 Å². The van der Waals surface area contributed by atoms with Crippen LogP contribution in [0.1, 0.15) is 45.0 Å². The van der Waals surface area contributed by atoms with Crippen molar-refractivity contribution >= 4 is 45.5 Å². The largest absolute Gasteiger partial charge is 0.462 e. The highest BCUT2D eigenvalue weighted by Crippen LogP contribution is 2.35. The lowest BCUT2D eigenvalue weighted by Gasteiger charge is -2.09. The van der Waals surface area contributed by atoms with Gasteiger partial charge in [-0.25, -0.2) is 4.79 Å². The van der Waals surface area contributed by atoms with Gasteiger partial charge in [-0.1, -0.05) is 18.5 Å². The van der Waals surface area contributed by atoms with Gasteiger partial charge in [0.15, 0.2) is 0 Å². The Labute approximate surface area is 159 Å². The Bertz CT molecular complexity index is 878. The Hall–Kier alpha value is -2.45. The third-order valence-electron chi connectivity index (χ3n) is 3.68. The van der Waals surface area contributed by atoms with Crippen molar-refractivity contribution in [3.63, 3.8) is 0 Å². The van der Waals surface area contributed by atoms with Crippen LogP contribution in [-0.2, 0) is 11.2 Å². The van der Waals surface area contributed by atoms with Gasteiger partial charge in [-0.3, -0.25) is 14.9 Å². The Balaban J connectivity index is 2.38. The maximum absolute atomic E-state index is 12.5. The fraction of sp³-hybridized carbons (Fsp3) is 0.294. The Morgan fingerprint density at radius 1 is 1.35 bits per heavy atom. The number of rotatable bonds is 6. The number of amides is 1. The highest BCUT2D eigenvalue weighted by molar-refractivity contribution is 7.16. The Morgan fingerprint density at radius 2 is 2.04 bits per heavy atom. The summed E-state index contributed by atoms with van der Waals surface area (Å²) in [5, 5.41) is 13.8. The molecular formula is C17H17ClN2O5S. The van der Waals surface area contributed by atoms with Crippen molar-refractivity contribution in [1.82, 2.24) is 0 Å². The van der Waals surface area contributed by atoms with Gasteiger partial charge in [0.25, 0.3) is 11.6 Å². The molecule has 2 rings (SSSR count). The molecule has 0 unspecified atom stereocenters. The summed E-state index contributed by atoms with van der Waals surface area (Å²) >= 11 is 7.27. The monoisotopic (exact) mass is 396 g/mol. The predicted molar refractivity (Wildman–Crippen MR) is 100 cm³/mol. The molecule has 1 N–H and O–H groups in total. The number of non-ortho nitro benzene ring substituents is 1. The molecule has 0 aliphatic heterocycles. The van der Waals surface area contributed by atoms with Gasteiger partial charge in [0, 0.05) is 17.0 Å². The number of nitrogens with one attached hydrogen (secondary N) is 1. The van der Waals surface area contributed by atoms with E-state index in [0.717, 1.165) is 16.5 Å². The number of nitro groups is 1. The minimum Gasteiger partial charge on any atom is -0.462 e. The number of carbonyl (C=O) groups excluding carboxylic acids is 2. The molecule has 7 nitrogen and oxygen atoms in total. The Kier molecular flexibility index (Phi) is 6.33. The van der Waals surface area contributed by atoms with Gasteiger partial charge in [-0.2, -0.15) is 0 Å². The van der Waals surface area contributed by atoms with Crippen molar-refractivity contribution in [2.45, 2.75) is 27.2 Å². The molecule has 0 spiro atoms. The van der Waals surface area contributed by atoms with Gasteiger partial charge in [-0.05, 0) is 31.9 Å². The summed E-state index contributed by atoms with van der Waals surface area (Å²) in [4.78, 5) is 35.9. The van der Waals surface area contributed by atoms with Crippen LogP contribution in [-0.4, -0.2) is 23.4 Å². The maximum Gasteiger partial charge on any atom is 0.341 e. The number of ether oxygens (including phenoxy) is 1. The second-order valence-electron chi connectivity index (χ2n) is 5.29. The second-order valence-corrected chi connectivity index (χ2v) is 6.92. The van der Waals surface area contributed by atoms with Crippen LogP contribution in [0.5, 0.6) is 0 Å². The second kappa shape index (κ2) is 8.29. The summed E-state index contributed by atoms with van der Waals surface area (Å²) in [6.45, 7) is 5.70. The molecular weight excluding hydrogens is 380 g/mol. The molecule has 2 aromatic rings. The molecule has 0 aliphatic rings.